The number of rotatable bonds is 0. The van der Waals surface area contributed by atoms with Crippen LogP contribution in [0.5, 0.6) is 0 Å². The van der Waals surface area contributed by atoms with E-state index in [1.165, 1.54) is 29.1 Å². The first-order valence-corrected chi connectivity index (χ1v) is 6.83. The Bertz CT molecular complexity index is 324. The molecule has 15 heavy (non-hydrogen) atoms. The molecule has 0 saturated carbocycles. The minimum Gasteiger partial charge on any atom is -0.238 e. The topological polar surface area (TPSA) is 25.8 Å². The molecular weight excluding hydrogens is 204 g/mol. The van der Waals surface area contributed by atoms with E-state index in [-0.39, 0.29) is 0 Å². The molecule has 2 rings (SSSR count). The number of hydrogen-bond acceptors (Lipinski definition) is 3. The van der Waals surface area contributed by atoms with Crippen molar-refractivity contribution in [1.82, 2.24) is 9.97 Å². The summed E-state index contributed by atoms with van der Waals surface area (Å²) in [4.78, 5) is 8.91. The zero-order valence-electron chi connectivity index (χ0n) is 10.1. The van der Waals surface area contributed by atoms with Gasteiger partial charge in [-0.1, -0.05) is 13.8 Å². The molecule has 1 aromatic rings. The van der Waals surface area contributed by atoms with Crippen LogP contribution in [0.3, 0.4) is 0 Å². The minimum atomic E-state index is 0.916. The van der Waals surface area contributed by atoms with Crippen LogP contribution in [0.25, 0.3) is 0 Å². The molecule has 0 unspecified atom stereocenters. The fourth-order valence-corrected chi connectivity index (χ4v) is 2.70. The average molecular weight is 224 g/mol. The highest BCUT2D eigenvalue weighted by molar-refractivity contribution is 7.98. The Morgan fingerprint density at radius 2 is 1.87 bits per heavy atom. The van der Waals surface area contributed by atoms with Gasteiger partial charge >= 0.3 is 0 Å². The van der Waals surface area contributed by atoms with E-state index in [1.807, 2.05) is 32.5 Å². The quantitative estimate of drug-likeness (QED) is 0.676. The van der Waals surface area contributed by atoms with E-state index in [2.05, 4.69) is 16.9 Å². The van der Waals surface area contributed by atoms with Crippen LogP contribution < -0.4 is 0 Å². The van der Waals surface area contributed by atoms with Gasteiger partial charge in [0.25, 0.3) is 0 Å². The van der Waals surface area contributed by atoms with Gasteiger partial charge in [-0.3, -0.25) is 0 Å². The van der Waals surface area contributed by atoms with Gasteiger partial charge in [-0.25, -0.2) is 9.97 Å². The summed E-state index contributed by atoms with van der Waals surface area (Å²) < 4.78 is 0. The molecular formula is C12H20N2S. The van der Waals surface area contributed by atoms with Gasteiger partial charge in [-0.2, -0.15) is 11.8 Å². The van der Waals surface area contributed by atoms with Crippen molar-refractivity contribution in [3.63, 3.8) is 0 Å². The predicted molar refractivity (Wildman–Crippen MR) is 67.3 cm³/mol. The van der Waals surface area contributed by atoms with Gasteiger partial charge in [-0.05, 0) is 38.0 Å². The van der Waals surface area contributed by atoms with Crippen LogP contribution in [0.1, 0.15) is 43.0 Å². The van der Waals surface area contributed by atoms with Crippen LogP contribution in [0.15, 0.2) is 0 Å². The van der Waals surface area contributed by atoms with Crippen molar-refractivity contribution in [2.24, 2.45) is 0 Å². The third-order valence-electron chi connectivity index (χ3n) is 2.37. The molecule has 84 valence electrons. The molecule has 0 aromatic carbocycles. The van der Waals surface area contributed by atoms with Gasteiger partial charge in [0.1, 0.15) is 5.82 Å². The lowest BCUT2D eigenvalue weighted by Gasteiger charge is -2.07. The zero-order valence-corrected chi connectivity index (χ0v) is 10.9. The Labute approximate surface area is 96.9 Å². The summed E-state index contributed by atoms with van der Waals surface area (Å²) in [6.07, 6.45) is 2.43. The maximum atomic E-state index is 4.50. The summed E-state index contributed by atoms with van der Waals surface area (Å²) in [5, 5.41) is 0. The van der Waals surface area contributed by atoms with Crippen LogP contribution in [-0.4, -0.2) is 15.7 Å². The number of nitrogens with zero attached hydrogens (tertiary/aromatic N) is 2. The number of aryl methyl sites for hydroxylation is 2. The first-order valence-electron chi connectivity index (χ1n) is 5.68. The maximum Gasteiger partial charge on any atom is 0.125 e. The van der Waals surface area contributed by atoms with Gasteiger partial charge in [0.05, 0.1) is 5.69 Å². The third-order valence-corrected chi connectivity index (χ3v) is 3.42. The van der Waals surface area contributed by atoms with E-state index in [9.17, 15) is 0 Å². The van der Waals surface area contributed by atoms with E-state index in [0.717, 1.165) is 18.0 Å². The van der Waals surface area contributed by atoms with E-state index in [1.54, 1.807) is 0 Å². The lowest BCUT2D eigenvalue weighted by molar-refractivity contribution is 0.862. The van der Waals surface area contributed by atoms with Crippen LogP contribution in [0, 0.1) is 13.8 Å². The molecule has 1 aromatic heterocycles. The molecule has 0 aliphatic carbocycles. The standard InChI is InChI=1S/C10H14N2S.C2H6/c1-7-9-4-3-5-13-6-10(9)12-8(2)11-7;1-2/h3-6H2,1-2H3;1-2H3. The zero-order chi connectivity index (χ0) is 11.3. The van der Waals surface area contributed by atoms with Crippen molar-refractivity contribution < 1.29 is 0 Å². The van der Waals surface area contributed by atoms with Crippen molar-refractivity contribution in [3.8, 4) is 0 Å². The number of aromatic nitrogens is 2. The van der Waals surface area contributed by atoms with Crippen molar-refractivity contribution in [2.45, 2.75) is 46.3 Å². The number of fused-ring (bicyclic) bond motifs is 1. The van der Waals surface area contributed by atoms with Gasteiger partial charge in [0.2, 0.25) is 0 Å². The molecule has 0 fully saturated rings. The summed E-state index contributed by atoms with van der Waals surface area (Å²) in [5.41, 5.74) is 3.85. The Balaban J connectivity index is 0.000000531. The molecule has 2 heterocycles. The summed E-state index contributed by atoms with van der Waals surface area (Å²) in [6, 6.07) is 0. The molecule has 0 saturated heterocycles. The fourth-order valence-electron chi connectivity index (χ4n) is 1.77. The van der Waals surface area contributed by atoms with Crippen LogP contribution in [0.4, 0.5) is 0 Å². The minimum absolute atomic E-state index is 0.916. The van der Waals surface area contributed by atoms with E-state index in [0.29, 0.717) is 0 Å². The van der Waals surface area contributed by atoms with Gasteiger partial charge in [0, 0.05) is 11.4 Å². The summed E-state index contributed by atoms with van der Waals surface area (Å²) >= 11 is 1.99. The first-order chi connectivity index (χ1) is 7.27. The molecule has 0 radical (unpaired) electrons. The lowest BCUT2D eigenvalue weighted by atomic mass is 10.1. The number of thioether (sulfide) groups is 1. The molecule has 0 bridgehead atoms. The summed E-state index contributed by atoms with van der Waals surface area (Å²) in [7, 11) is 0. The second kappa shape index (κ2) is 6.11. The predicted octanol–water partition coefficient (Wildman–Crippen LogP) is 3.30. The molecule has 0 atom stereocenters. The molecule has 0 amide bonds. The normalized spacial score (nSPS) is 14.7. The van der Waals surface area contributed by atoms with Gasteiger partial charge in [0.15, 0.2) is 0 Å². The van der Waals surface area contributed by atoms with E-state index < -0.39 is 0 Å². The summed E-state index contributed by atoms with van der Waals surface area (Å²) in [5.74, 6) is 3.24. The SMILES string of the molecule is CC.Cc1nc(C)c2c(n1)CSCCC2. The van der Waals surface area contributed by atoms with Crippen molar-refractivity contribution >= 4 is 11.8 Å². The second-order valence-electron chi connectivity index (χ2n) is 3.44. The first kappa shape index (κ1) is 12.5. The van der Waals surface area contributed by atoms with Crippen LogP contribution in [-0.2, 0) is 12.2 Å². The van der Waals surface area contributed by atoms with E-state index >= 15 is 0 Å². The average Bonchev–Trinajstić information content (AvgIpc) is 2.46. The fraction of sp³-hybridized carbons (Fsp3) is 0.667. The second-order valence-corrected chi connectivity index (χ2v) is 4.54. The third kappa shape index (κ3) is 3.20. The smallest absolute Gasteiger partial charge is 0.125 e. The Kier molecular flexibility index (Phi) is 5.09. The Morgan fingerprint density at radius 3 is 2.60 bits per heavy atom. The van der Waals surface area contributed by atoms with Crippen molar-refractivity contribution in [2.75, 3.05) is 5.75 Å². The van der Waals surface area contributed by atoms with Crippen LogP contribution in [0.2, 0.25) is 0 Å². The van der Waals surface area contributed by atoms with E-state index in [4.69, 9.17) is 0 Å². The molecule has 1 aliphatic heterocycles. The molecule has 0 spiro atoms. The molecule has 3 heteroatoms. The largest absolute Gasteiger partial charge is 0.238 e. The molecule has 0 N–H and O–H groups in total. The molecule has 1 aliphatic rings. The highest BCUT2D eigenvalue weighted by Crippen LogP contribution is 2.23. The van der Waals surface area contributed by atoms with Crippen molar-refractivity contribution in [3.05, 3.63) is 22.8 Å². The monoisotopic (exact) mass is 224 g/mol. The number of hydrogen-bond donors (Lipinski definition) is 0. The maximum absolute atomic E-state index is 4.50. The van der Waals surface area contributed by atoms with Crippen molar-refractivity contribution in [1.29, 1.82) is 0 Å². The molecule has 2 nitrogen and oxygen atoms in total. The van der Waals surface area contributed by atoms with Crippen LogP contribution >= 0.6 is 11.8 Å². The highest BCUT2D eigenvalue weighted by atomic mass is 32.2. The Morgan fingerprint density at radius 1 is 1.13 bits per heavy atom. The van der Waals surface area contributed by atoms with Gasteiger partial charge < -0.3 is 0 Å². The van der Waals surface area contributed by atoms with Gasteiger partial charge in [-0.15, -0.1) is 0 Å². The lowest BCUT2D eigenvalue weighted by Crippen LogP contribution is -2.03. The summed E-state index contributed by atoms with van der Waals surface area (Å²) in [6.45, 7) is 8.08. The highest BCUT2D eigenvalue weighted by Gasteiger charge is 2.12. The Hall–Kier alpha value is -0.570.